The number of hydrogen-bond donors (Lipinski definition) is 4. The first-order chi connectivity index (χ1) is 54.9. The summed E-state index contributed by atoms with van der Waals surface area (Å²) in [6.45, 7) is 0. The van der Waals surface area contributed by atoms with Gasteiger partial charge in [-0.15, -0.1) is 11.3 Å². The Morgan fingerprint density at radius 2 is 0.559 bits per heavy atom. The number of hydrogen-bond acceptors (Lipinski definition) is 9. The Morgan fingerprint density at radius 1 is 0.234 bits per heavy atom. The molecular weight excluding hydrogens is 1380 g/mol. The average molecular weight is 1450 g/mol. The zero-order chi connectivity index (χ0) is 73.8. The fraction of sp³-hybridized carbons (Fsp3) is 0.0196. The Balaban J connectivity index is 0.000000100. The van der Waals surface area contributed by atoms with Gasteiger partial charge in [0.1, 0.15) is 45.4 Å². The van der Waals surface area contributed by atoms with Crippen LogP contribution in [0.5, 0.6) is 5.75 Å². The standard InChI is InChI=1S/C30H21NS.C24H15NO2.C24H19NO.C24H17NO/c1-3-7-21(8-4-1)23-11-14-25(15-12-23)31-26-16-18-30-28(20-26)27-19-24(13-17-29(27)32-30)22-9-5-2-6-10-22;1-3-7-21-17(5-1)19-13-15(9-11-23(19)26-21)25-16-10-12-24-20(14-16)18-6-2-4-8-22(18)27-24;1-2-6-19(7-3-1)25-20-13-10-17(11-14-20)18-12-15-24-22(16-18)21-8-4-5-9-23(21)26-24;1-2-6-17(7-3-1)18-10-12-19(13-11-18)25-20-14-15-24-22(16-20)21-8-4-5-9-23(21)26-24/h1-20,31H;1-14,25H;1-16,22,24-25H;1-16,25H. The van der Waals surface area contributed by atoms with Crippen LogP contribution in [0.25, 0.3) is 125 Å². The lowest BCUT2D eigenvalue weighted by atomic mass is 9.87. The molecule has 2 atom stereocenters. The first kappa shape index (κ1) is 67.2. The Labute approximate surface area is 646 Å². The van der Waals surface area contributed by atoms with E-state index < -0.39 is 0 Å². The average Bonchev–Trinajstić information content (AvgIpc) is 1.65. The molecule has 16 aromatic carbocycles. The molecule has 20 aromatic rings. The van der Waals surface area contributed by atoms with Gasteiger partial charge >= 0.3 is 0 Å². The number of thiophene rings is 1. The molecule has 0 amide bonds. The number of benzene rings is 16. The lowest BCUT2D eigenvalue weighted by Crippen LogP contribution is -2.16. The summed E-state index contributed by atoms with van der Waals surface area (Å²) >= 11 is 1.85. The van der Waals surface area contributed by atoms with Gasteiger partial charge in [0.05, 0.1) is 0 Å². The zero-order valence-electron chi connectivity index (χ0n) is 60.3. The summed E-state index contributed by atoms with van der Waals surface area (Å²) in [5.41, 5.74) is 25.2. The summed E-state index contributed by atoms with van der Waals surface area (Å²) in [6.07, 6.45) is 6.80. The second kappa shape index (κ2) is 30.1. The number of ether oxygens (including phenoxy) is 1. The third-order valence-electron chi connectivity index (χ3n) is 20.6. The largest absolute Gasteiger partial charge is 0.485 e. The summed E-state index contributed by atoms with van der Waals surface area (Å²) in [4.78, 5) is 0. The van der Waals surface area contributed by atoms with Crippen LogP contribution >= 0.6 is 11.3 Å². The first-order valence-corrected chi connectivity index (χ1v) is 38.2. The van der Waals surface area contributed by atoms with E-state index in [0.717, 1.165) is 117 Å². The van der Waals surface area contributed by atoms with Gasteiger partial charge in [-0.05, 0) is 208 Å². The van der Waals surface area contributed by atoms with E-state index in [2.05, 4.69) is 300 Å². The van der Waals surface area contributed by atoms with E-state index in [4.69, 9.17) is 18.0 Å². The van der Waals surface area contributed by atoms with Crippen LogP contribution in [-0.2, 0) is 0 Å². The molecule has 1 aliphatic carbocycles. The van der Waals surface area contributed by atoms with Gasteiger partial charge in [-0.2, -0.15) is 0 Å². The lowest BCUT2D eigenvalue weighted by Gasteiger charge is -2.19. The molecule has 22 rings (SSSR count). The molecule has 111 heavy (non-hydrogen) atoms. The predicted molar refractivity (Wildman–Crippen MR) is 466 cm³/mol. The van der Waals surface area contributed by atoms with Crippen LogP contribution < -0.4 is 26.0 Å². The molecule has 0 radical (unpaired) electrons. The molecule has 8 nitrogen and oxygen atoms in total. The number of anilines is 8. The maximum atomic E-state index is 6.04. The summed E-state index contributed by atoms with van der Waals surface area (Å²) in [5, 5.41) is 23.4. The summed E-state index contributed by atoms with van der Waals surface area (Å²) in [7, 11) is 0. The van der Waals surface area contributed by atoms with Gasteiger partial charge in [0, 0.05) is 109 Å². The molecule has 0 bridgehead atoms. The molecule has 0 fully saturated rings. The fourth-order valence-electron chi connectivity index (χ4n) is 15.0. The Morgan fingerprint density at radius 3 is 1.05 bits per heavy atom. The van der Waals surface area contributed by atoms with Gasteiger partial charge in [-0.1, -0.05) is 237 Å². The Hall–Kier alpha value is -14.4. The monoisotopic (exact) mass is 1450 g/mol. The number of nitrogens with one attached hydrogen (secondary N) is 4. The van der Waals surface area contributed by atoms with Crippen LogP contribution in [0.1, 0.15) is 17.0 Å². The Kier molecular flexibility index (Phi) is 18.2. The van der Waals surface area contributed by atoms with Crippen molar-refractivity contribution >= 4 is 148 Å². The minimum Gasteiger partial charge on any atom is -0.485 e. The van der Waals surface area contributed by atoms with Crippen LogP contribution in [0.3, 0.4) is 0 Å². The van der Waals surface area contributed by atoms with Crippen molar-refractivity contribution in [3.8, 4) is 39.1 Å². The second-order valence-corrected chi connectivity index (χ2v) is 28.9. The van der Waals surface area contributed by atoms with E-state index in [1.807, 2.05) is 133 Å². The van der Waals surface area contributed by atoms with Crippen LogP contribution in [0, 0.1) is 0 Å². The Bertz CT molecular complexity index is 6670. The normalized spacial score (nSPS) is 13.3. The number of fused-ring (bicyclic) bond motifs is 15. The van der Waals surface area contributed by atoms with Crippen molar-refractivity contribution in [1.29, 1.82) is 0 Å². The molecule has 4 N–H and O–H groups in total. The molecular formula is C102H72N4O4S. The number of furan rings is 3. The smallest absolute Gasteiger partial charge is 0.135 e. The highest BCUT2D eigenvalue weighted by Gasteiger charge is 2.33. The van der Waals surface area contributed by atoms with Crippen molar-refractivity contribution in [2.75, 3.05) is 21.3 Å². The molecule has 0 saturated heterocycles. The maximum absolute atomic E-state index is 6.04. The highest BCUT2D eigenvalue weighted by Crippen LogP contribution is 2.45. The van der Waals surface area contributed by atoms with Gasteiger partial charge in [-0.25, -0.2) is 0 Å². The third-order valence-corrected chi connectivity index (χ3v) is 21.7. The third kappa shape index (κ3) is 14.4. The van der Waals surface area contributed by atoms with Gasteiger partial charge in [0.15, 0.2) is 0 Å². The van der Waals surface area contributed by atoms with E-state index in [1.54, 1.807) is 0 Å². The van der Waals surface area contributed by atoms with E-state index in [-0.39, 0.29) is 6.10 Å². The quantitative estimate of drug-likeness (QED) is 0.0961. The topological polar surface area (TPSA) is 96.8 Å². The summed E-state index contributed by atoms with van der Waals surface area (Å²) in [5.74, 6) is 1.31. The minimum absolute atomic E-state index is 0.121. The van der Waals surface area contributed by atoms with Crippen molar-refractivity contribution < 1.29 is 18.0 Å². The molecule has 0 saturated carbocycles. The lowest BCUT2D eigenvalue weighted by molar-refractivity contribution is 0.269. The SMILES string of the molecule is C1=CC2Oc3ccccc3C2C=C1c1ccc(Nc2ccccc2)cc1.c1ccc(-c2ccc(Nc3ccc4oc5ccccc5c4c3)cc2)cc1.c1ccc(-c2ccc(Nc3ccc4sc5ccc(-c6ccccc6)cc5c4c3)cc2)cc1.c1ccc2c(c1)oc1ccc(Nc3ccc4oc5ccccc5c4c3)cc12. The van der Waals surface area contributed by atoms with Crippen molar-refractivity contribution in [3.63, 3.8) is 0 Å². The summed E-state index contributed by atoms with van der Waals surface area (Å²) < 4.78 is 26.4. The van der Waals surface area contributed by atoms with E-state index in [9.17, 15) is 0 Å². The number of para-hydroxylation sites is 5. The van der Waals surface area contributed by atoms with Gasteiger partial charge in [0.2, 0.25) is 0 Å². The molecule has 2 aliphatic rings. The van der Waals surface area contributed by atoms with Crippen molar-refractivity contribution in [1.82, 2.24) is 0 Å². The minimum atomic E-state index is 0.121. The maximum Gasteiger partial charge on any atom is 0.135 e. The zero-order valence-corrected chi connectivity index (χ0v) is 61.1. The van der Waals surface area contributed by atoms with Crippen molar-refractivity contribution in [3.05, 3.63) is 412 Å². The van der Waals surface area contributed by atoms with E-state index >= 15 is 0 Å². The molecule has 1 aliphatic heterocycles. The molecule has 4 aromatic heterocycles. The van der Waals surface area contributed by atoms with Gasteiger partial charge < -0.3 is 39.3 Å². The van der Waals surface area contributed by atoms with Crippen LogP contribution in [0.15, 0.2) is 414 Å². The van der Waals surface area contributed by atoms with E-state index in [0.29, 0.717) is 5.92 Å². The number of rotatable bonds is 12. The molecule has 0 spiro atoms. The summed E-state index contributed by atoms with van der Waals surface area (Å²) in [6, 6.07) is 132. The first-order valence-electron chi connectivity index (χ1n) is 37.4. The number of allylic oxidation sites excluding steroid dienone is 2. The fourth-order valence-corrected chi connectivity index (χ4v) is 16.1. The van der Waals surface area contributed by atoms with Crippen LogP contribution in [0.2, 0.25) is 0 Å². The van der Waals surface area contributed by atoms with Crippen molar-refractivity contribution in [2.45, 2.75) is 12.0 Å². The molecule has 2 unspecified atom stereocenters. The second-order valence-electron chi connectivity index (χ2n) is 27.8. The van der Waals surface area contributed by atoms with Gasteiger partial charge in [0.25, 0.3) is 0 Å². The van der Waals surface area contributed by atoms with E-state index in [1.165, 1.54) is 70.3 Å². The van der Waals surface area contributed by atoms with Gasteiger partial charge in [-0.3, -0.25) is 0 Å². The van der Waals surface area contributed by atoms with Crippen LogP contribution in [-0.4, -0.2) is 6.10 Å². The molecule has 530 valence electrons. The van der Waals surface area contributed by atoms with Crippen molar-refractivity contribution in [2.24, 2.45) is 0 Å². The van der Waals surface area contributed by atoms with Crippen LogP contribution in [0.4, 0.5) is 45.5 Å². The highest BCUT2D eigenvalue weighted by atomic mass is 32.1. The highest BCUT2D eigenvalue weighted by molar-refractivity contribution is 7.25. The molecule has 5 heterocycles. The molecule has 9 heteroatoms. The predicted octanol–water partition coefficient (Wildman–Crippen LogP) is 29.3.